The quantitative estimate of drug-likeness (QED) is 0.892. The summed E-state index contributed by atoms with van der Waals surface area (Å²) >= 11 is 1.69. The van der Waals surface area contributed by atoms with Crippen LogP contribution in [0.4, 0.5) is 0 Å². The van der Waals surface area contributed by atoms with Crippen LogP contribution in [0.2, 0.25) is 0 Å². The topological polar surface area (TPSA) is 43.4 Å². The molecule has 0 aromatic carbocycles. The zero-order valence-corrected chi connectivity index (χ0v) is 12.2. The van der Waals surface area contributed by atoms with Crippen LogP contribution in [0.15, 0.2) is 5.38 Å². The van der Waals surface area contributed by atoms with Crippen LogP contribution in [0.3, 0.4) is 0 Å². The molecule has 0 saturated carbocycles. The van der Waals surface area contributed by atoms with Gasteiger partial charge in [0.25, 0.3) is 0 Å². The van der Waals surface area contributed by atoms with Gasteiger partial charge in [0.1, 0.15) is 5.01 Å². The first-order valence-corrected chi connectivity index (χ1v) is 7.28. The molecule has 1 aliphatic heterocycles. The highest BCUT2D eigenvalue weighted by atomic mass is 32.1. The van der Waals surface area contributed by atoms with Gasteiger partial charge in [-0.25, -0.2) is 4.98 Å². The number of ether oxygens (including phenoxy) is 2. The highest BCUT2D eigenvalue weighted by Gasteiger charge is 2.16. The lowest BCUT2D eigenvalue weighted by Gasteiger charge is -2.19. The minimum Gasteiger partial charge on any atom is -0.379 e. The lowest BCUT2D eigenvalue weighted by atomic mass is 10.1. The van der Waals surface area contributed by atoms with Crippen LogP contribution in [0, 0.1) is 0 Å². The first-order valence-electron chi connectivity index (χ1n) is 6.40. The molecule has 1 aromatic rings. The number of rotatable bonds is 5. The minimum atomic E-state index is 0.128. The summed E-state index contributed by atoms with van der Waals surface area (Å²) in [4.78, 5) is 4.56. The summed E-state index contributed by atoms with van der Waals surface area (Å²) in [5.74, 6) is 0. The third kappa shape index (κ3) is 4.65. The molecule has 0 amide bonds. The normalized spacial score (nSPS) is 20.5. The molecule has 2 rings (SSSR count). The smallest absolute Gasteiger partial charge is 0.107 e. The van der Waals surface area contributed by atoms with Crippen molar-refractivity contribution in [3.8, 4) is 0 Å². The number of hydrogen-bond donors (Lipinski definition) is 1. The Hall–Kier alpha value is -0.490. The summed E-state index contributed by atoms with van der Waals surface area (Å²) in [6.45, 7) is 9.44. The van der Waals surface area contributed by atoms with E-state index in [1.165, 1.54) is 0 Å². The van der Waals surface area contributed by atoms with E-state index < -0.39 is 0 Å². The van der Waals surface area contributed by atoms with Crippen molar-refractivity contribution in [1.29, 1.82) is 0 Å². The van der Waals surface area contributed by atoms with E-state index in [-0.39, 0.29) is 11.6 Å². The van der Waals surface area contributed by atoms with Crippen molar-refractivity contribution in [2.24, 2.45) is 0 Å². The molecule has 1 atom stereocenters. The van der Waals surface area contributed by atoms with Gasteiger partial charge in [-0.1, -0.05) is 0 Å². The van der Waals surface area contributed by atoms with Crippen molar-refractivity contribution < 1.29 is 9.47 Å². The van der Waals surface area contributed by atoms with Gasteiger partial charge in [0.05, 0.1) is 25.0 Å². The van der Waals surface area contributed by atoms with Gasteiger partial charge in [0, 0.05) is 24.1 Å². The Morgan fingerprint density at radius 1 is 1.56 bits per heavy atom. The molecular formula is C13H22N2O2S. The third-order valence-corrected chi connectivity index (χ3v) is 3.62. The van der Waals surface area contributed by atoms with E-state index >= 15 is 0 Å². The second-order valence-corrected chi connectivity index (χ2v) is 6.58. The maximum absolute atomic E-state index is 5.75. The van der Waals surface area contributed by atoms with Crippen LogP contribution >= 0.6 is 11.3 Å². The van der Waals surface area contributed by atoms with Crippen molar-refractivity contribution in [3.05, 3.63) is 16.1 Å². The number of aromatic nitrogens is 1. The molecule has 1 saturated heterocycles. The molecule has 4 nitrogen and oxygen atoms in total. The number of nitrogens with one attached hydrogen (secondary N) is 1. The van der Waals surface area contributed by atoms with Crippen LogP contribution in [0.25, 0.3) is 0 Å². The van der Waals surface area contributed by atoms with Gasteiger partial charge < -0.3 is 14.8 Å². The zero-order valence-electron chi connectivity index (χ0n) is 11.4. The lowest BCUT2D eigenvalue weighted by Crippen LogP contribution is -2.35. The standard InChI is InChI=1S/C13H22N2O2S/c1-13(2,3)14-6-12-15-10(9-18-12)7-17-11-4-5-16-8-11/h9,11,14H,4-8H2,1-3H3. The van der Waals surface area contributed by atoms with Crippen LogP contribution < -0.4 is 5.32 Å². The Morgan fingerprint density at radius 3 is 3.06 bits per heavy atom. The minimum absolute atomic E-state index is 0.128. The van der Waals surface area contributed by atoms with Crippen LogP contribution in [0.5, 0.6) is 0 Å². The van der Waals surface area contributed by atoms with E-state index in [9.17, 15) is 0 Å². The summed E-state index contributed by atoms with van der Waals surface area (Å²) < 4.78 is 11.0. The second-order valence-electron chi connectivity index (χ2n) is 5.63. The Labute approximate surface area is 113 Å². The van der Waals surface area contributed by atoms with Crippen molar-refractivity contribution >= 4 is 11.3 Å². The highest BCUT2D eigenvalue weighted by Crippen LogP contribution is 2.15. The van der Waals surface area contributed by atoms with Gasteiger partial charge >= 0.3 is 0 Å². The molecule has 1 unspecified atom stereocenters. The summed E-state index contributed by atoms with van der Waals surface area (Å²) in [6.07, 6.45) is 1.26. The SMILES string of the molecule is CC(C)(C)NCc1nc(COC2CCOC2)cs1. The first-order chi connectivity index (χ1) is 8.53. The van der Waals surface area contributed by atoms with E-state index in [4.69, 9.17) is 9.47 Å². The fraction of sp³-hybridized carbons (Fsp3) is 0.769. The molecule has 2 heterocycles. The van der Waals surface area contributed by atoms with Crippen LogP contribution in [0.1, 0.15) is 37.9 Å². The van der Waals surface area contributed by atoms with Gasteiger partial charge in [-0.2, -0.15) is 0 Å². The summed E-state index contributed by atoms with van der Waals surface area (Å²) in [5.41, 5.74) is 1.15. The molecule has 1 N–H and O–H groups in total. The van der Waals surface area contributed by atoms with Crippen molar-refractivity contribution in [2.45, 2.75) is 52.0 Å². The van der Waals surface area contributed by atoms with E-state index in [2.05, 4.69) is 36.5 Å². The Bertz CT molecular complexity index is 367. The Morgan fingerprint density at radius 2 is 2.39 bits per heavy atom. The van der Waals surface area contributed by atoms with Gasteiger partial charge in [-0.3, -0.25) is 0 Å². The number of hydrogen-bond acceptors (Lipinski definition) is 5. The van der Waals surface area contributed by atoms with Gasteiger partial charge in [0.15, 0.2) is 0 Å². The average molecular weight is 270 g/mol. The molecule has 0 bridgehead atoms. The third-order valence-electron chi connectivity index (χ3n) is 2.72. The summed E-state index contributed by atoms with van der Waals surface area (Å²) in [5, 5.41) is 6.63. The molecule has 102 valence electrons. The maximum atomic E-state index is 5.75. The number of thiazole rings is 1. The fourth-order valence-electron chi connectivity index (χ4n) is 1.68. The predicted octanol–water partition coefficient (Wildman–Crippen LogP) is 2.34. The van der Waals surface area contributed by atoms with E-state index in [1.54, 1.807) is 11.3 Å². The summed E-state index contributed by atoms with van der Waals surface area (Å²) in [7, 11) is 0. The van der Waals surface area contributed by atoms with Crippen molar-refractivity contribution in [3.63, 3.8) is 0 Å². The van der Waals surface area contributed by atoms with Crippen LogP contribution in [-0.2, 0) is 22.6 Å². The van der Waals surface area contributed by atoms with E-state index in [0.717, 1.165) is 36.9 Å². The zero-order chi connectivity index (χ0) is 13.0. The van der Waals surface area contributed by atoms with Gasteiger partial charge in [0.2, 0.25) is 0 Å². The van der Waals surface area contributed by atoms with Crippen LogP contribution in [-0.4, -0.2) is 29.8 Å². The highest BCUT2D eigenvalue weighted by molar-refractivity contribution is 7.09. The molecule has 0 aliphatic carbocycles. The maximum Gasteiger partial charge on any atom is 0.107 e. The number of nitrogens with zero attached hydrogens (tertiary/aromatic N) is 1. The van der Waals surface area contributed by atoms with Gasteiger partial charge in [-0.05, 0) is 27.2 Å². The molecule has 0 radical (unpaired) electrons. The molecule has 1 fully saturated rings. The second kappa shape index (κ2) is 6.10. The Kier molecular flexibility index (Phi) is 4.72. The van der Waals surface area contributed by atoms with E-state index in [0.29, 0.717) is 6.61 Å². The molecule has 1 aliphatic rings. The van der Waals surface area contributed by atoms with E-state index in [1.807, 2.05) is 0 Å². The molecular weight excluding hydrogens is 248 g/mol. The summed E-state index contributed by atoms with van der Waals surface area (Å²) in [6, 6.07) is 0. The first kappa shape index (κ1) is 13.9. The monoisotopic (exact) mass is 270 g/mol. The molecule has 5 heteroatoms. The lowest BCUT2D eigenvalue weighted by molar-refractivity contribution is 0.0303. The Balaban J connectivity index is 1.75. The fourth-order valence-corrected chi connectivity index (χ4v) is 2.40. The van der Waals surface area contributed by atoms with Crippen molar-refractivity contribution in [2.75, 3.05) is 13.2 Å². The molecule has 0 spiro atoms. The predicted molar refractivity (Wildman–Crippen MR) is 72.7 cm³/mol. The van der Waals surface area contributed by atoms with Gasteiger partial charge in [-0.15, -0.1) is 11.3 Å². The molecule has 18 heavy (non-hydrogen) atoms. The molecule has 1 aromatic heterocycles. The largest absolute Gasteiger partial charge is 0.379 e. The van der Waals surface area contributed by atoms with Crippen molar-refractivity contribution in [1.82, 2.24) is 10.3 Å². The average Bonchev–Trinajstić information content (AvgIpc) is 2.94.